The van der Waals surface area contributed by atoms with Gasteiger partial charge in [0.2, 0.25) is 5.88 Å². The predicted octanol–water partition coefficient (Wildman–Crippen LogP) is 8.57. The van der Waals surface area contributed by atoms with E-state index >= 15 is 0 Å². The Morgan fingerprint density at radius 2 is 1.77 bits per heavy atom. The highest BCUT2D eigenvalue weighted by Gasteiger charge is 2.58. The molecule has 2 bridgehead atoms. The summed E-state index contributed by atoms with van der Waals surface area (Å²) in [7, 11) is 1.59. The second-order valence-electron chi connectivity index (χ2n) is 13.4. The maximum atomic E-state index is 13.8. The minimum atomic E-state index is -2.93. The molecular weight excluding hydrogens is 690 g/mol. The van der Waals surface area contributed by atoms with Crippen LogP contribution in [-0.2, 0) is 16.1 Å². The number of halogens is 3. The van der Waals surface area contributed by atoms with E-state index in [-0.39, 0.29) is 39.3 Å². The molecule has 0 aliphatic heterocycles. The average molecular weight is 727 g/mol. The molecule has 3 heterocycles. The number of aldehydes is 1. The summed E-state index contributed by atoms with van der Waals surface area (Å²) in [5.74, 6) is -0.191. The lowest BCUT2D eigenvalue weighted by molar-refractivity contribution is -0.154. The van der Waals surface area contributed by atoms with E-state index in [1.54, 1.807) is 13.2 Å². The number of carbonyl (C=O) groups is 2. The predicted molar refractivity (Wildman–Crippen MR) is 194 cm³/mol. The van der Waals surface area contributed by atoms with Gasteiger partial charge in [0.1, 0.15) is 5.52 Å². The van der Waals surface area contributed by atoms with Crippen LogP contribution in [0.25, 0.3) is 33.4 Å². The number of benzene rings is 2. The number of fused-ring (bicyclic) bond motifs is 3. The summed E-state index contributed by atoms with van der Waals surface area (Å²) >= 11 is 7.12. The molecular formula is C39H37ClF2N6O4. The lowest BCUT2D eigenvalue weighted by atomic mass is 9.84. The minimum absolute atomic E-state index is 0.0766. The Kier molecular flexibility index (Phi) is 9.62. The number of anilines is 2. The molecule has 52 heavy (non-hydrogen) atoms. The van der Waals surface area contributed by atoms with Crippen molar-refractivity contribution in [1.82, 2.24) is 25.3 Å². The topological polar surface area (TPSA) is 128 Å². The van der Waals surface area contributed by atoms with Crippen LogP contribution in [0.5, 0.6) is 5.88 Å². The van der Waals surface area contributed by atoms with Gasteiger partial charge in [-0.2, -0.15) is 0 Å². The molecule has 0 saturated heterocycles. The first-order valence-electron chi connectivity index (χ1n) is 17.1. The Balaban J connectivity index is 1.15. The molecule has 2 fully saturated rings. The highest BCUT2D eigenvalue weighted by molar-refractivity contribution is 6.36. The summed E-state index contributed by atoms with van der Waals surface area (Å²) in [5, 5.41) is 7.37. The normalized spacial score (nSPS) is 19.3. The van der Waals surface area contributed by atoms with Gasteiger partial charge in [-0.15, -0.1) is 0 Å². The first kappa shape index (κ1) is 35.3. The smallest absolute Gasteiger partial charge is 0.312 e. The molecule has 2 saturated carbocycles. The van der Waals surface area contributed by atoms with E-state index in [0.29, 0.717) is 47.3 Å². The number of methoxy groups -OCH3 is 1. The SMILES string of the molecule is CCOC(=O)C12CCC(NCc3ccc(-c4cccc(-c5cccc(Nc6nc(C(F)F)nc7cc(C=O)cnc67)c5C)c4Cl)nc3OC)(CC1)C2. The summed E-state index contributed by atoms with van der Waals surface area (Å²) in [6, 6.07) is 16.6. The number of nitrogens with one attached hydrogen (secondary N) is 2. The van der Waals surface area contributed by atoms with Crippen LogP contribution in [0.2, 0.25) is 5.02 Å². The van der Waals surface area contributed by atoms with Crippen molar-refractivity contribution in [2.75, 3.05) is 19.0 Å². The third-order valence-electron chi connectivity index (χ3n) is 10.4. The van der Waals surface area contributed by atoms with E-state index in [1.807, 2.05) is 56.3 Å². The zero-order valence-corrected chi connectivity index (χ0v) is 29.7. The maximum Gasteiger partial charge on any atom is 0.312 e. The Bertz CT molecular complexity index is 2190. The standard InChI is InChI=1S/C39H37ClF2N6O4/c1-4-52-37(50)38-13-15-39(21-38,16-14-38)44-19-24-11-12-29(47-36(24)51-3)27-9-5-8-26(31(27)40)25-7-6-10-28(22(25)2)45-34-32-30(17-23(20-49)18-43-32)46-35(48-34)33(41)42/h5-12,17-18,20,33,44H,4,13-16,19,21H2,1-3H3,(H,45,46,48). The third kappa shape index (κ3) is 6.45. The fourth-order valence-electron chi connectivity index (χ4n) is 7.65. The first-order valence-corrected chi connectivity index (χ1v) is 17.5. The largest absolute Gasteiger partial charge is 0.481 e. The number of alkyl halides is 2. The number of rotatable bonds is 12. The lowest BCUT2D eigenvalue weighted by Crippen LogP contribution is -2.40. The Labute approximate surface area is 304 Å². The van der Waals surface area contributed by atoms with Gasteiger partial charge in [-0.25, -0.2) is 28.7 Å². The number of hydrogen-bond donors (Lipinski definition) is 2. The van der Waals surface area contributed by atoms with Gasteiger partial charge in [0.15, 0.2) is 17.9 Å². The number of pyridine rings is 2. The summed E-state index contributed by atoms with van der Waals surface area (Å²) < 4.78 is 38.7. The van der Waals surface area contributed by atoms with Crippen LogP contribution in [0.15, 0.2) is 60.8 Å². The van der Waals surface area contributed by atoms with Crippen molar-refractivity contribution in [3.8, 4) is 28.3 Å². The molecule has 2 aliphatic rings. The van der Waals surface area contributed by atoms with Crippen LogP contribution in [0.3, 0.4) is 0 Å². The van der Waals surface area contributed by atoms with E-state index in [4.69, 9.17) is 26.1 Å². The highest BCUT2D eigenvalue weighted by Crippen LogP contribution is 2.57. The van der Waals surface area contributed by atoms with Gasteiger partial charge in [-0.3, -0.25) is 9.59 Å². The molecule has 0 atom stereocenters. The van der Waals surface area contributed by atoms with E-state index in [2.05, 4.69) is 25.6 Å². The van der Waals surface area contributed by atoms with E-state index in [9.17, 15) is 18.4 Å². The molecule has 0 spiro atoms. The van der Waals surface area contributed by atoms with Crippen molar-refractivity contribution < 1.29 is 27.8 Å². The van der Waals surface area contributed by atoms with E-state index in [1.165, 1.54) is 12.3 Å². The fourth-order valence-corrected chi connectivity index (χ4v) is 7.98. The van der Waals surface area contributed by atoms with Gasteiger partial charge in [-0.1, -0.05) is 48.0 Å². The van der Waals surface area contributed by atoms with Gasteiger partial charge >= 0.3 is 5.97 Å². The molecule has 2 aromatic carbocycles. The van der Waals surface area contributed by atoms with Crippen molar-refractivity contribution in [3.05, 3.63) is 88.3 Å². The number of nitrogens with zero attached hydrogens (tertiary/aromatic N) is 4. The first-order chi connectivity index (χ1) is 25.1. The number of aromatic nitrogens is 4. The van der Waals surface area contributed by atoms with Gasteiger partial charge in [-0.05, 0) is 75.3 Å². The molecule has 10 nitrogen and oxygen atoms in total. The Morgan fingerprint density at radius 1 is 1.02 bits per heavy atom. The molecule has 268 valence electrons. The number of ether oxygens (including phenoxy) is 2. The molecule has 7 rings (SSSR count). The second kappa shape index (κ2) is 14.2. The van der Waals surface area contributed by atoms with Crippen molar-refractivity contribution in [2.45, 2.75) is 64.5 Å². The summed E-state index contributed by atoms with van der Waals surface area (Å²) in [6.45, 7) is 4.67. The van der Waals surface area contributed by atoms with E-state index in [0.717, 1.165) is 54.4 Å². The Hall–Kier alpha value is -5.07. The molecule has 0 radical (unpaired) electrons. The maximum absolute atomic E-state index is 13.8. The zero-order chi connectivity index (χ0) is 36.6. The van der Waals surface area contributed by atoms with Crippen molar-refractivity contribution >= 4 is 46.4 Å². The number of hydrogen-bond acceptors (Lipinski definition) is 10. The molecule has 5 aromatic rings. The Morgan fingerprint density at radius 3 is 2.50 bits per heavy atom. The van der Waals surface area contributed by atoms with Crippen LogP contribution in [0, 0.1) is 12.3 Å². The van der Waals surface area contributed by atoms with Gasteiger partial charge in [0.05, 0.1) is 35.4 Å². The number of carbonyl (C=O) groups excluding carboxylic acids is 2. The van der Waals surface area contributed by atoms with Crippen LogP contribution in [0.4, 0.5) is 20.3 Å². The van der Waals surface area contributed by atoms with Crippen molar-refractivity contribution in [2.24, 2.45) is 5.41 Å². The van der Waals surface area contributed by atoms with Crippen LogP contribution < -0.4 is 15.4 Å². The zero-order valence-electron chi connectivity index (χ0n) is 28.9. The van der Waals surface area contributed by atoms with Crippen molar-refractivity contribution in [1.29, 1.82) is 0 Å². The van der Waals surface area contributed by atoms with Crippen molar-refractivity contribution in [3.63, 3.8) is 0 Å². The molecule has 2 N–H and O–H groups in total. The molecule has 0 unspecified atom stereocenters. The molecule has 13 heteroatoms. The quantitative estimate of drug-likeness (QED) is 0.0953. The molecule has 0 amide bonds. The minimum Gasteiger partial charge on any atom is -0.481 e. The summed E-state index contributed by atoms with van der Waals surface area (Å²) in [6.07, 6.45) is 3.27. The summed E-state index contributed by atoms with van der Waals surface area (Å²) in [4.78, 5) is 41.1. The number of esters is 1. The van der Waals surface area contributed by atoms with Crippen LogP contribution in [0.1, 0.15) is 72.8 Å². The summed E-state index contributed by atoms with van der Waals surface area (Å²) in [5.41, 5.74) is 5.25. The monoisotopic (exact) mass is 726 g/mol. The fraction of sp³-hybridized carbons (Fsp3) is 0.333. The van der Waals surface area contributed by atoms with Crippen LogP contribution >= 0.6 is 11.6 Å². The highest BCUT2D eigenvalue weighted by atomic mass is 35.5. The molecule has 3 aromatic heterocycles. The third-order valence-corrected chi connectivity index (χ3v) is 10.8. The van der Waals surface area contributed by atoms with E-state index < -0.39 is 12.2 Å². The van der Waals surface area contributed by atoms with Gasteiger partial charge < -0.3 is 20.1 Å². The van der Waals surface area contributed by atoms with Crippen LogP contribution in [-0.4, -0.2) is 51.4 Å². The molecule has 2 aliphatic carbocycles. The second-order valence-corrected chi connectivity index (χ2v) is 13.8. The van der Waals surface area contributed by atoms with Gasteiger partial charge in [0.25, 0.3) is 6.43 Å². The average Bonchev–Trinajstić information content (AvgIpc) is 3.73. The lowest BCUT2D eigenvalue weighted by Gasteiger charge is -2.28. The van der Waals surface area contributed by atoms with Gasteiger partial charge in [0, 0.05) is 46.2 Å².